The molecule has 1 saturated heterocycles. The molecule has 2 aliphatic rings. The van der Waals surface area contributed by atoms with Crippen molar-refractivity contribution in [3.63, 3.8) is 0 Å². The van der Waals surface area contributed by atoms with Gasteiger partial charge >= 0.3 is 0 Å². The van der Waals surface area contributed by atoms with Crippen LogP contribution in [-0.4, -0.2) is 58.0 Å². The second kappa shape index (κ2) is 6.51. The van der Waals surface area contributed by atoms with E-state index in [9.17, 15) is 14.4 Å². The number of nitrogens with one attached hydrogen (secondary N) is 1. The van der Waals surface area contributed by atoms with Crippen molar-refractivity contribution in [2.45, 2.75) is 6.54 Å². The summed E-state index contributed by atoms with van der Waals surface area (Å²) in [6.07, 6.45) is 2.30. The molecule has 0 atom stereocenters. The Morgan fingerprint density at radius 3 is 2.81 bits per heavy atom. The highest BCUT2D eigenvalue weighted by atomic mass is 16.7. The third-order valence-electron chi connectivity index (χ3n) is 4.31. The molecule has 0 saturated carbocycles. The van der Waals surface area contributed by atoms with Gasteiger partial charge in [-0.3, -0.25) is 14.4 Å². The number of fused-ring (bicyclic) bond motifs is 1. The smallest absolute Gasteiger partial charge is 0.274 e. The summed E-state index contributed by atoms with van der Waals surface area (Å²) in [7, 11) is 0. The molecule has 2 amide bonds. The summed E-state index contributed by atoms with van der Waals surface area (Å²) >= 11 is 0. The minimum Gasteiger partial charge on any atom is -0.454 e. The molecule has 26 heavy (non-hydrogen) atoms. The van der Waals surface area contributed by atoms with Crippen LogP contribution in [0, 0.1) is 0 Å². The van der Waals surface area contributed by atoms with Gasteiger partial charge in [-0.1, -0.05) is 6.07 Å². The molecule has 134 valence electrons. The zero-order valence-electron chi connectivity index (χ0n) is 13.8. The third-order valence-corrected chi connectivity index (χ3v) is 4.31. The van der Waals surface area contributed by atoms with Gasteiger partial charge in [0.15, 0.2) is 11.5 Å². The number of rotatable bonds is 3. The van der Waals surface area contributed by atoms with E-state index in [0.717, 1.165) is 11.8 Å². The van der Waals surface area contributed by atoms with Gasteiger partial charge < -0.3 is 24.3 Å². The highest BCUT2D eigenvalue weighted by Crippen LogP contribution is 2.32. The predicted molar refractivity (Wildman–Crippen MR) is 88.7 cm³/mol. The normalized spacial score (nSPS) is 16.1. The number of amides is 2. The minimum absolute atomic E-state index is 0.0236. The van der Waals surface area contributed by atoms with Crippen molar-refractivity contribution in [3.05, 3.63) is 52.2 Å². The standard InChI is InChI=1S/C17H16N4O5/c22-15-7-18-12(6-19-15)17(24)21-4-3-20(16(23)9-21)8-11-1-2-13-14(5-11)26-10-25-13/h1-2,5-7H,3-4,8-10H2,(H,19,22). The maximum absolute atomic E-state index is 12.4. The number of H-pyrrole nitrogens is 1. The predicted octanol–water partition coefficient (Wildman–Crippen LogP) is -0.0168. The number of nitrogens with zero attached hydrogens (tertiary/aromatic N) is 3. The van der Waals surface area contributed by atoms with E-state index in [0.29, 0.717) is 31.1 Å². The molecule has 0 radical (unpaired) electrons. The Labute approximate surface area is 148 Å². The molecule has 0 aliphatic carbocycles. The van der Waals surface area contributed by atoms with Gasteiger partial charge in [-0.05, 0) is 17.7 Å². The van der Waals surface area contributed by atoms with Crippen molar-refractivity contribution < 1.29 is 19.1 Å². The lowest BCUT2D eigenvalue weighted by atomic mass is 10.1. The molecule has 1 N–H and O–H groups in total. The fourth-order valence-electron chi connectivity index (χ4n) is 2.93. The number of hydrogen-bond donors (Lipinski definition) is 1. The Bertz CT molecular complexity index is 905. The van der Waals surface area contributed by atoms with Gasteiger partial charge in [-0.25, -0.2) is 4.98 Å². The van der Waals surface area contributed by atoms with Gasteiger partial charge in [-0.2, -0.15) is 0 Å². The fourth-order valence-corrected chi connectivity index (χ4v) is 2.93. The monoisotopic (exact) mass is 356 g/mol. The molecule has 0 bridgehead atoms. The number of carbonyl (C=O) groups is 2. The molecule has 9 nitrogen and oxygen atoms in total. The van der Waals surface area contributed by atoms with Crippen LogP contribution in [0.1, 0.15) is 16.1 Å². The van der Waals surface area contributed by atoms with E-state index >= 15 is 0 Å². The van der Waals surface area contributed by atoms with Crippen molar-refractivity contribution in [1.29, 1.82) is 0 Å². The lowest BCUT2D eigenvalue weighted by Crippen LogP contribution is -2.52. The van der Waals surface area contributed by atoms with E-state index < -0.39 is 0 Å². The topological polar surface area (TPSA) is 105 Å². The van der Waals surface area contributed by atoms with Gasteiger partial charge in [0.25, 0.3) is 11.5 Å². The summed E-state index contributed by atoms with van der Waals surface area (Å²) in [6.45, 7) is 1.44. The number of ether oxygens (including phenoxy) is 2. The number of aromatic nitrogens is 2. The SMILES string of the molecule is O=C1CN(C(=O)c2c[nH]c(=O)cn2)CCN1Cc1ccc2c(c1)OCO2. The molecule has 3 heterocycles. The second-order valence-electron chi connectivity index (χ2n) is 6.03. The molecule has 2 aromatic rings. The van der Waals surface area contributed by atoms with Crippen molar-refractivity contribution in [1.82, 2.24) is 19.8 Å². The lowest BCUT2D eigenvalue weighted by molar-refractivity contribution is -0.135. The van der Waals surface area contributed by atoms with E-state index in [1.807, 2.05) is 18.2 Å². The summed E-state index contributed by atoms with van der Waals surface area (Å²) in [4.78, 5) is 45.2. The molecule has 4 rings (SSSR count). The van der Waals surface area contributed by atoms with Crippen LogP contribution < -0.4 is 15.0 Å². The van der Waals surface area contributed by atoms with E-state index in [1.54, 1.807) is 4.90 Å². The van der Waals surface area contributed by atoms with Crippen LogP contribution in [0.4, 0.5) is 0 Å². The molecule has 9 heteroatoms. The van der Waals surface area contributed by atoms with Gasteiger partial charge in [0.1, 0.15) is 12.2 Å². The summed E-state index contributed by atoms with van der Waals surface area (Å²) in [5.41, 5.74) is 0.664. The summed E-state index contributed by atoms with van der Waals surface area (Å²) in [6, 6.07) is 5.57. The highest BCUT2D eigenvalue weighted by molar-refractivity contribution is 5.95. The third kappa shape index (κ3) is 3.10. The zero-order chi connectivity index (χ0) is 18.1. The summed E-state index contributed by atoms with van der Waals surface area (Å²) in [5.74, 6) is 0.848. The summed E-state index contributed by atoms with van der Waals surface area (Å²) in [5, 5.41) is 0. The Hall–Kier alpha value is -3.36. The number of carbonyl (C=O) groups excluding carboxylic acids is 2. The van der Waals surface area contributed by atoms with Crippen molar-refractivity contribution in [2.75, 3.05) is 26.4 Å². The zero-order valence-corrected chi connectivity index (χ0v) is 13.8. The fraction of sp³-hybridized carbons (Fsp3) is 0.294. The Morgan fingerprint density at radius 1 is 1.19 bits per heavy atom. The maximum Gasteiger partial charge on any atom is 0.274 e. The molecule has 1 aromatic heterocycles. The molecular formula is C17H16N4O5. The Kier molecular flexibility index (Phi) is 4.04. The first-order valence-electron chi connectivity index (χ1n) is 8.10. The van der Waals surface area contributed by atoms with Crippen LogP contribution in [0.25, 0.3) is 0 Å². The average molecular weight is 356 g/mol. The van der Waals surface area contributed by atoms with Crippen LogP contribution >= 0.6 is 0 Å². The first-order chi connectivity index (χ1) is 12.6. The quantitative estimate of drug-likeness (QED) is 0.829. The van der Waals surface area contributed by atoms with Crippen LogP contribution in [0.2, 0.25) is 0 Å². The van der Waals surface area contributed by atoms with Crippen molar-refractivity contribution >= 4 is 11.8 Å². The van der Waals surface area contributed by atoms with Crippen molar-refractivity contribution in [2.24, 2.45) is 0 Å². The first-order valence-corrected chi connectivity index (χ1v) is 8.10. The lowest BCUT2D eigenvalue weighted by Gasteiger charge is -2.34. The molecular weight excluding hydrogens is 340 g/mol. The molecule has 2 aliphatic heterocycles. The van der Waals surface area contributed by atoms with E-state index in [4.69, 9.17) is 9.47 Å². The average Bonchev–Trinajstić information content (AvgIpc) is 3.11. The molecule has 1 fully saturated rings. The number of piperazine rings is 1. The molecule has 0 spiro atoms. The van der Waals surface area contributed by atoms with E-state index in [2.05, 4.69) is 9.97 Å². The highest BCUT2D eigenvalue weighted by Gasteiger charge is 2.28. The van der Waals surface area contributed by atoms with Crippen molar-refractivity contribution in [3.8, 4) is 11.5 Å². The maximum atomic E-state index is 12.4. The van der Waals surface area contributed by atoms with Crippen LogP contribution in [-0.2, 0) is 11.3 Å². The Morgan fingerprint density at radius 2 is 2.04 bits per heavy atom. The first kappa shape index (κ1) is 16.1. The minimum atomic E-state index is -0.383. The van der Waals surface area contributed by atoms with E-state index in [-0.39, 0.29) is 36.4 Å². The summed E-state index contributed by atoms with van der Waals surface area (Å²) < 4.78 is 10.6. The van der Waals surface area contributed by atoms with Gasteiger partial charge in [0.2, 0.25) is 12.7 Å². The number of aromatic amines is 1. The van der Waals surface area contributed by atoms with Gasteiger partial charge in [0.05, 0.1) is 6.20 Å². The Balaban J connectivity index is 1.40. The molecule has 0 unspecified atom stereocenters. The van der Waals surface area contributed by atoms with Crippen LogP contribution in [0.5, 0.6) is 11.5 Å². The molecule has 1 aromatic carbocycles. The largest absolute Gasteiger partial charge is 0.454 e. The van der Waals surface area contributed by atoms with Crippen LogP contribution in [0.15, 0.2) is 35.4 Å². The van der Waals surface area contributed by atoms with Crippen LogP contribution in [0.3, 0.4) is 0 Å². The second-order valence-corrected chi connectivity index (χ2v) is 6.03. The van der Waals surface area contributed by atoms with Gasteiger partial charge in [-0.15, -0.1) is 0 Å². The van der Waals surface area contributed by atoms with E-state index in [1.165, 1.54) is 11.1 Å². The number of hydrogen-bond acceptors (Lipinski definition) is 6. The van der Waals surface area contributed by atoms with Gasteiger partial charge in [0, 0.05) is 25.8 Å². The number of benzene rings is 1.